The highest BCUT2D eigenvalue weighted by molar-refractivity contribution is 7.99. The molecule has 0 amide bonds. The van der Waals surface area contributed by atoms with Crippen LogP contribution >= 0.6 is 11.8 Å². The number of alkyl halides is 3. The van der Waals surface area contributed by atoms with Gasteiger partial charge in [0, 0.05) is 62.0 Å². The first-order valence-electron chi connectivity index (χ1n) is 13.7. The Kier molecular flexibility index (Phi) is 7.55. The average Bonchev–Trinajstić information content (AvgIpc) is 3.51. The number of likely N-dealkylation sites (tertiary alicyclic amines) is 1. The standard InChI is InChI=1S/C27H33F3N10S/c1-17-14-23(36-35-17)32-22-16-24(40-12-10-39(11-13-40)18-6-8-37(2)9-7-18)34-26(33-22)41-19-4-5-20-21(15-19)38(3)25(31-20)27(28,29)30/h4-5,14-16,18H,6-13H2,1-3H3,(H2,32,33,34,35,36). The van der Waals surface area contributed by atoms with Gasteiger partial charge in [0.05, 0.1) is 11.0 Å². The van der Waals surface area contributed by atoms with Crippen LogP contribution in [-0.2, 0) is 13.2 Å². The summed E-state index contributed by atoms with van der Waals surface area (Å²) < 4.78 is 41.3. The fourth-order valence-corrected chi connectivity index (χ4v) is 6.37. The third-order valence-corrected chi connectivity index (χ3v) is 8.67. The Hall–Kier alpha value is -3.36. The summed E-state index contributed by atoms with van der Waals surface area (Å²) in [6.45, 7) is 7.86. The summed E-state index contributed by atoms with van der Waals surface area (Å²) in [7, 11) is 3.56. The van der Waals surface area contributed by atoms with E-state index in [9.17, 15) is 13.2 Å². The number of rotatable bonds is 6. The molecule has 0 radical (unpaired) electrons. The van der Waals surface area contributed by atoms with Crippen molar-refractivity contribution in [2.45, 2.75) is 42.0 Å². The second kappa shape index (κ2) is 11.1. The van der Waals surface area contributed by atoms with E-state index >= 15 is 0 Å². The average molecular weight is 587 g/mol. The molecule has 2 aliphatic heterocycles. The maximum Gasteiger partial charge on any atom is 0.449 e. The number of nitrogens with one attached hydrogen (secondary N) is 2. The smallest absolute Gasteiger partial charge is 0.354 e. The van der Waals surface area contributed by atoms with Crippen molar-refractivity contribution < 1.29 is 13.2 Å². The maximum atomic E-state index is 13.4. The molecule has 2 aliphatic rings. The number of fused-ring (bicyclic) bond motifs is 1. The largest absolute Gasteiger partial charge is 0.449 e. The number of benzene rings is 1. The number of hydrogen-bond acceptors (Lipinski definition) is 9. The van der Waals surface area contributed by atoms with E-state index in [0.29, 0.717) is 28.4 Å². The first kappa shape index (κ1) is 27.8. The van der Waals surface area contributed by atoms with Gasteiger partial charge in [0.2, 0.25) is 5.82 Å². The van der Waals surface area contributed by atoms with Gasteiger partial charge in [-0.05, 0) is 69.9 Å². The Bertz CT molecular complexity index is 1520. The van der Waals surface area contributed by atoms with Crippen molar-refractivity contribution >= 4 is 40.2 Å². The van der Waals surface area contributed by atoms with E-state index in [1.165, 1.54) is 31.7 Å². The van der Waals surface area contributed by atoms with Crippen LogP contribution < -0.4 is 10.2 Å². The number of hydrogen-bond donors (Lipinski definition) is 2. The van der Waals surface area contributed by atoms with E-state index in [0.717, 1.165) is 60.2 Å². The molecule has 5 heterocycles. The molecule has 0 atom stereocenters. The van der Waals surface area contributed by atoms with E-state index in [1.54, 1.807) is 18.2 Å². The minimum atomic E-state index is -4.53. The van der Waals surface area contributed by atoms with Gasteiger partial charge in [-0.3, -0.25) is 10.00 Å². The molecule has 0 spiro atoms. The van der Waals surface area contributed by atoms with Gasteiger partial charge in [-0.15, -0.1) is 0 Å². The topological polar surface area (TPSA) is 94.0 Å². The molecule has 41 heavy (non-hydrogen) atoms. The number of aryl methyl sites for hydroxylation is 2. The number of halogens is 3. The lowest BCUT2D eigenvalue weighted by atomic mass is 10.0. The third-order valence-electron chi connectivity index (χ3n) is 7.81. The SMILES string of the molecule is Cc1cc(Nc2cc(N3CCN(C4CCN(C)CC4)CC3)nc(Sc3ccc4nc(C(F)(F)F)n(C)c4c3)n2)n[nH]1. The minimum Gasteiger partial charge on any atom is -0.354 e. The quantitative estimate of drug-likeness (QED) is 0.316. The Morgan fingerprint density at radius 3 is 2.37 bits per heavy atom. The molecule has 2 fully saturated rings. The van der Waals surface area contributed by atoms with E-state index < -0.39 is 12.0 Å². The molecule has 14 heteroatoms. The lowest BCUT2D eigenvalue weighted by molar-refractivity contribution is -0.146. The Morgan fingerprint density at radius 2 is 1.68 bits per heavy atom. The summed E-state index contributed by atoms with van der Waals surface area (Å²) in [5, 5.41) is 11.0. The molecule has 4 aromatic rings. The first-order chi connectivity index (χ1) is 19.6. The summed E-state index contributed by atoms with van der Waals surface area (Å²) in [4.78, 5) is 21.4. The number of piperidine rings is 1. The zero-order valence-corrected chi connectivity index (χ0v) is 24.1. The molecule has 2 N–H and O–H groups in total. The van der Waals surface area contributed by atoms with Crippen molar-refractivity contribution in [1.82, 2.24) is 39.5 Å². The first-order valence-corrected chi connectivity index (χ1v) is 14.5. The number of nitrogens with zero attached hydrogens (tertiary/aromatic N) is 8. The van der Waals surface area contributed by atoms with Crippen LogP contribution in [0.5, 0.6) is 0 Å². The molecular formula is C27H33F3N10S. The van der Waals surface area contributed by atoms with Crippen molar-refractivity contribution in [3.05, 3.63) is 41.9 Å². The second-order valence-corrected chi connectivity index (χ2v) is 11.8. The predicted molar refractivity (Wildman–Crippen MR) is 153 cm³/mol. The van der Waals surface area contributed by atoms with Crippen molar-refractivity contribution in [3.63, 3.8) is 0 Å². The van der Waals surface area contributed by atoms with Crippen molar-refractivity contribution in [1.29, 1.82) is 0 Å². The van der Waals surface area contributed by atoms with Gasteiger partial charge in [0.15, 0.2) is 11.0 Å². The lowest BCUT2D eigenvalue weighted by Gasteiger charge is -2.42. The Balaban J connectivity index is 1.25. The number of H-pyrrole nitrogens is 1. The molecule has 0 bridgehead atoms. The van der Waals surface area contributed by atoms with Crippen molar-refractivity contribution in [2.75, 3.05) is 56.5 Å². The van der Waals surface area contributed by atoms with Gasteiger partial charge in [0.1, 0.15) is 11.6 Å². The lowest BCUT2D eigenvalue weighted by Crippen LogP contribution is -2.53. The molecule has 0 unspecified atom stereocenters. The van der Waals surface area contributed by atoms with Gasteiger partial charge in [-0.1, -0.05) is 0 Å². The van der Waals surface area contributed by atoms with Gasteiger partial charge in [-0.25, -0.2) is 15.0 Å². The minimum absolute atomic E-state index is 0.289. The number of imidazole rings is 1. The highest BCUT2D eigenvalue weighted by Crippen LogP contribution is 2.34. The maximum absolute atomic E-state index is 13.4. The molecule has 6 rings (SSSR count). The highest BCUT2D eigenvalue weighted by Gasteiger charge is 2.36. The van der Waals surface area contributed by atoms with Crippen LogP contribution in [0.4, 0.5) is 30.6 Å². The monoisotopic (exact) mass is 586 g/mol. The summed E-state index contributed by atoms with van der Waals surface area (Å²) in [6.07, 6.45) is -2.12. The molecule has 3 aromatic heterocycles. The normalized spacial score (nSPS) is 18.0. The van der Waals surface area contributed by atoms with Crippen LogP contribution in [0.2, 0.25) is 0 Å². The van der Waals surface area contributed by atoms with Crippen molar-refractivity contribution in [3.8, 4) is 0 Å². The number of aromatic nitrogens is 6. The number of aromatic amines is 1. The van der Waals surface area contributed by atoms with Crippen LogP contribution in [0.25, 0.3) is 11.0 Å². The van der Waals surface area contributed by atoms with E-state index in [2.05, 4.69) is 42.2 Å². The molecule has 2 saturated heterocycles. The molecular weight excluding hydrogens is 553 g/mol. The van der Waals surface area contributed by atoms with Crippen LogP contribution in [-0.4, -0.2) is 91.9 Å². The van der Waals surface area contributed by atoms with Gasteiger partial charge < -0.3 is 19.7 Å². The number of piperazine rings is 1. The Morgan fingerprint density at radius 1 is 0.927 bits per heavy atom. The van der Waals surface area contributed by atoms with E-state index in [1.807, 2.05) is 19.1 Å². The van der Waals surface area contributed by atoms with Crippen LogP contribution in [0.3, 0.4) is 0 Å². The third kappa shape index (κ3) is 6.14. The zero-order valence-electron chi connectivity index (χ0n) is 23.2. The van der Waals surface area contributed by atoms with Gasteiger partial charge >= 0.3 is 6.18 Å². The summed E-state index contributed by atoms with van der Waals surface area (Å²) in [6, 6.07) is 9.50. The predicted octanol–water partition coefficient (Wildman–Crippen LogP) is 4.52. The van der Waals surface area contributed by atoms with Crippen molar-refractivity contribution in [2.24, 2.45) is 7.05 Å². The summed E-state index contributed by atoms with van der Waals surface area (Å²) >= 11 is 1.30. The molecule has 10 nitrogen and oxygen atoms in total. The van der Waals surface area contributed by atoms with Gasteiger partial charge in [0.25, 0.3) is 0 Å². The molecule has 0 saturated carbocycles. The molecule has 1 aromatic carbocycles. The summed E-state index contributed by atoms with van der Waals surface area (Å²) in [5.41, 5.74) is 1.61. The summed E-state index contributed by atoms with van der Waals surface area (Å²) in [5.74, 6) is 1.13. The van der Waals surface area contributed by atoms with Crippen LogP contribution in [0.1, 0.15) is 24.4 Å². The van der Waals surface area contributed by atoms with E-state index in [4.69, 9.17) is 9.97 Å². The fourth-order valence-electron chi connectivity index (χ4n) is 5.57. The Labute approximate surface area is 240 Å². The van der Waals surface area contributed by atoms with Crippen LogP contribution in [0.15, 0.2) is 40.4 Å². The molecule has 218 valence electrons. The zero-order chi connectivity index (χ0) is 28.7. The molecule has 0 aliphatic carbocycles. The van der Waals surface area contributed by atoms with E-state index in [-0.39, 0.29) is 5.52 Å². The number of anilines is 3. The second-order valence-electron chi connectivity index (χ2n) is 10.8. The van der Waals surface area contributed by atoms with Gasteiger partial charge in [-0.2, -0.15) is 18.3 Å². The highest BCUT2D eigenvalue weighted by atomic mass is 32.2. The van der Waals surface area contributed by atoms with Crippen LogP contribution in [0, 0.1) is 6.92 Å². The fraction of sp³-hybridized carbons (Fsp3) is 0.481.